The molecule has 0 saturated carbocycles. The Hall–Kier alpha value is -2.41. The number of anilines is 2. The van der Waals surface area contributed by atoms with Crippen molar-refractivity contribution in [1.29, 1.82) is 0 Å². The van der Waals surface area contributed by atoms with Gasteiger partial charge in [0.1, 0.15) is 0 Å². The fourth-order valence-electron chi connectivity index (χ4n) is 4.13. The number of aromatic nitrogens is 1. The molecule has 0 unspecified atom stereocenters. The van der Waals surface area contributed by atoms with Gasteiger partial charge in [-0.2, -0.15) is 0 Å². The lowest BCUT2D eigenvalue weighted by Gasteiger charge is -2.34. The van der Waals surface area contributed by atoms with Gasteiger partial charge in [0.2, 0.25) is 0 Å². The first-order valence-corrected chi connectivity index (χ1v) is 15.4. The Morgan fingerprint density at radius 3 is 2.38 bits per heavy atom. The standard InChI is InChI=1S/C26H25BrClN5O3S2.ClH/c27-19-3-10-23-24(17-19)37-26(30-23)33-15-13-32(14-16-33)12-11-29-25(34)18-1-6-21(7-2-18)31-38(35,36)22-8-4-20(28)5-9-22;/h1-10,17,31H,11-16H2,(H,29,34);1H. The molecule has 1 aliphatic heterocycles. The van der Waals surface area contributed by atoms with Crippen molar-refractivity contribution in [3.8, 4) is 0 Å². The van der Waals surface area contributed by atoms with E-state index in [4.69, 9.17) is 16.6 Å². The van der Waals surface area contributed by atoms with E-state index in [1.165, 1.54) is 29.0 Å². The van der Waals surface area contributed by atoms with E-state index in [0.717, 1.165) is 47.8 Å². The molecule has 0 bridgehead atoms. The van der Waals surface area contributed by atoms with Gasteiger partial charge < -0.3 is 10.2 Å². The van der Waals surface area contributed by atoms with Crippen LogP contribution >= 0.6 is 51.3 Å². The molecule has 3 aromatic carbocycles. The van der Waals surface area contributed by atoms with Crippen LogP contribution in [0.4, 0.5) is 10.8 Å². The highest BCUT2D eigenvalue weighted by molar-refractivity contribution is 9.10. The van der Waals surface area contributed by atoms with Gasteiger partial charge in [0, 0.05) is 60.0 Å². The van der Waals surface area contributed by atoms with Crippen molar-refractivity contribution >= 4 is 88.2 Å². The van der Waals surface area contributed by atoms with Gasteiger partial charge in [0.05, 0.1) is 15.1 Å². The second kappa shape index (κ2) is 12.8. The summed E-state index contributed by atoms with van der Waals surface area (Å²) >= 11 is 11.1. The number of hydrogen-bond acceptors (Lipinski definition) is 7. The third kappa shape index (κ3) is 7.41. The first kappa shape index (κ1) is 29.6. The lowest BCUT2D eigenvalue weighted by atomic mass is 10.2. The highest BCUT2D eigenvalue weighted by Gasteiger charge is 2.20. The molecule has 39 heavy (non-hydrogen) atoms. The third-order valence-corrected chi connectivity index (χ3v) is 9.44. The zero-order valence-electron chi connectivity index (χ0n) is 20.6. The van der Waals surface area contributed by atoms with Crippen molar-refractivity contribution in [2.24, 2.45) is 0 Å². The van der Waals surface area contributed by atoms with Gasteiger partial charge in [0.15, 0.2) is 5.13 Å². The van der Waals surface area contributed by atoms with E-state index in [1.54, 1.807) is 35.6 Å². The summed E-state index contributed by atoms with van der Waals surface area (Å²) < 4.78 is 29.8. The van der Waals surface area contributed by atoms with Crippen LogP contribution in [0.5, 0.6) is 0 Å². The Balaban J connectivity index is 0.00000353. The molecule has 4 aromatic rings. The molecule has 206 valence electrons. The molecule has 1 fully saturated rings. The average Bonchev–Trinajstić information content (AvgIpc) is 3.33. The number of rotatable bonds is 8. The molecular weight excluding hydrogens is 645 g/mol. The molecule has 2 heterocycles. The number of amides is 1. The van der Waals surface area contributed by atoms with E-state index in [0.29, 0.717) is 22.8 Å². The smallest absolute Gasteiger partial charge is 0.261 e. The quantitative estimate of drug-likeness (QED) is 0.258. The van der Waals surface area contributed by atoms with Gasteiger partial charge in [-0.25, -0.2) is 13.4 Å². The Morgan fingerprint density at radius 2 is 1.69 bits per heavy atom. The molecule has 0 spiro atoms. The summed E-state index contributed by atoms with van der Waals surface area (Å²) in [6.45, 7) is 4.87. The van der Waals surface area contributed by atoms with Crippen LogP contribution in [0.25, 0.3) is 10.2 Å². The molecule has 5 rings (SSSR count). The topological polar surface area (TPSA) is 94.6 Å². The number of fused-ring (bicyclic) bond motifs is 1. The summed E-state index contributed by atoms with van der Waals surface area (Å²) in [7, 11) is -3.74. The number of benzene rings is 3. The first-order chi connectivity index (χ1) is 18.3. The SMILES string of the molecule is Cl.O=C(NCCN1CCN(c2nc3ccc(Br)cc3s2)CC1)c1ccc(NS(=O)(=O)c2ccc(Cl)cc2)cc1. The summed E-state index contributed by atoms with van der Waals surface area (Å²) in [5.74, 6) is -0.198. The second-order valence-electron chi connectivity index (χ2n) is 8.83. The van der Waals surface area contributed by atoms with E-state index in [1.807, 2.05) is 12.1 Å². The summed E-state index contributed by atoms with van der Waals surface area (Å²) in [4.78, 5) is 22.1. The Bertz CT molecular complexity index is 1540. The van der Waals surface area contributed by atoms with E-state index in [2.05, 4.69) is 41.8 Å². The number of thiazole rings is 1. The van der Waals surface area contributed by atoms with Gasteiger partial charge in [-0.15, -0.1) is 12.4 Å². The number of hydrogen-bond donors (Lipinski definition) is 2. The van der Waals surface area contributed by atoms with Crippen molar-refractivity contribution in [2.45, 2.75) is 4.90 Å². The molecule has 8 nitrogen and oxygen atoms in total. The number of nitrogens with one attached hydrogen (secondary N) is 2. The van der Waals surface area contributed by atoms with E-state index in [-0.39, 0.29) is 23.2 Å². The first-order valence-electron chi connectivity index (χ1n) is 12.0. The van der Waals surface area contributed by atoms with Crippen LogP contribution in [0.2, 0.25) is 5.02 Å². The van der Waals surface area contributed by atoms with Crippen LogP contribution in [0.15, 0.2) is 76.1 Å². The van der Waals surface area contributed by atoms with Crippen molar-refractivity contribution in [2.75, 3.05) is 48.9 Å². The van der Waals surface area contributed by atoms with Crippen molar-refractivity contribution in [3.05, 3.63) is 81.8 Å². The lowest BCUT2D eigenvalue weighted by molar-refractivity contribution is 0.0948. The fraction of sp³-hybridized carbons (Fsp3) is 0.231. The predicted octanol–water partition coefficient (Wildman–Crippen LogP) is 5.49. The molecule has 1 aliphatic rings. The van der Waals surface area contributed by atoms with Gasteiger partial charge in [-0.3, -0.25) is 14.4 Å². The monoisotopic (exact) mass is 669 g/mol. The van der Waals surface area contributed by atoms with Crippen LogP contribution in [0.3, 0.4) is 0 Å². The zero-order valence-corrected chi connectivity index (χ0v) is 25.4. The maximum absolute atomic E-state index is 12.6. The minimum atomic E-state index is -3.74. The minimum absolute atomic E-state index is 0. The van der Waals surface area contributed by atoms with E-state index >= 15 is 0 Å². The number of carbonyl (C=O) groups excluding carboxylic acids is 1. The van der Waals surface area contributed by atoms with Gasteiger partial charge in [0.25, 0.3) is 15.9 Å². The molecular formula is C26H26BrCl2N5O3S2. The van der Waals surface area contributed by atoms with Crippen LogP contribution in [-0.2, 0) is 10.0 Å². The van der Waals surface area contributed by atoms with Gasteiger partial charge >= 0.3 is 0 Å². The number of sulfonamides is 1. The van der Waals surface area contributed by atoms with Crippen molar-refractivity contribution in [1.82, 2.24) is 15.2 Å². The summed E-state index contributed by atoms with van der Waals surface area (Å²) in [5.41, 5.74) is 1.85. The summed E-state index contributed by atoms with van der Waals surface area (Å²) in [5, 5.41) is 4.46. The van der Waals surface area contributed by atoms with Crippen LogP contribution in [0.1, 0.15) is 10.4 Å². The number of halogens is 3. The Morgan fingerprint density at radius 1 is 1.00 bits per heavy atom. The second-order valence-corrected chi connectivity index (χ2v) is 12.9. The van der Waals surface area contributed by atoms with Crippen molar-refractivity contribution < 1.29 is 13.2 Å². The molecule has 1 amide bonds. The van der Waals surface area contributed by atoms with Crippen LogP contribution < -0.4 is 14.9 Å². The van der Waals surface area contributed by atoms with Crippen LogP contribution in [0, 0.1) is 0 Å². The molecule has 0 atom stereocenters. The highest BCUT2D eigenvalue weighted by Crippen LogP contribution is 2.31. The van der Waals surface area contributed by atoms with Gasteiger partial charge in [-0.1, -0.05) is 38.9 Å². The lowest BCUT2D eigenvalue weighted by Crippen LogP contribution is -2.48. The summed E-state index contributed by atoms with van der Waals surface area (Å²) in [6, 6.07) is 18.4. The Labute approximate surface area is 251 Å². The maximum Gasteiger partial charge on any atom is 0.261 e. The van der Waals surface area contributed by atoms with Crippen molar-refractivity contribution in [3.63, 3.8) is 0 Å². The molecule has 1 aromatic heterocycles. The largest absolute Gasteiger partial charge is 0.351 e. The minimum Gasteiger partial charge on any atom is -0.351 e. The summed E-state index contributed by atoms with van der Waals surface area (Å²) in [6.07, 6.45) is 0. The normalized spacial score (nSPS) is 14.2. The molecule has 2 N–H and O–H groups in total. The third-order valence-electron chi connectivity index (χ3n) is 6.22. The van der Waals surface area contributed by atoms with E-state index in [9.17, 15) is 13.2 Å². The number of piperazine rings is 1. The zero-order chi connectivity index (χ0) is 26.7. The molecule has 0 radical (unpaired) electrons. The van der Waals surface area contributed by atoms with E-state index < -0.39 is 10.0 Å². The Kier molecular flexibility index (Phi) is 9.73. The fourth-order valence-corrected chi connectivity index (χ4v) is 6.89. The predicted molar refractivity (Wildman–Crippen MR) is 164 cm³/mol. The van der Waals surface area contributed by atoms with Crippen LogP contribution in [-0.4, -0.2) is 63.5 Å². The molecule has 0 aliphatic carbocycles. The number of nitrogens with zero attached hydrogens (tertiary/aromatic N) is 3. The number of carbonyl (C=O) groups is 1. The van der Waals surface area contributed by atoms with Gasteiger partial charge in [-0.05, 0) is 66.7 Å². The maximum atomic E-state index is 12.6. The molecule has 1 saturated heterocycles. The average molecular weight is 671 g/mol. The molecule has 13 heteroatoms. The highest BCUT2D eigenvalue weighted by atomic mass is 79.9.